The van der Waals surface area contributed by atoms with Crippen LogP contribution in [-0.4, -0.2) is 68.6 Å². The monoisotopic (exact) mass is 501 g/mol. The van der Waals surface area contributed by atoms with Gasteiger partial charge in [-0.2, -0.15) is 19.6 Å². The van der Waals surface area contributed by atoms with Gasteiger partial charge in [-0.3, -0.25) is 4.79 Å². The Balaban J connectivity index is 1.38. The highest BCUT2D eigenvalue weighted by molar-refractivity contribution is 7.99. The standard InChI is InChI=1S/C25H27N9OS/c1-4-22(35)28-18-6-5-7-20(15-18)36-25-31-24(29-21-8-9-27-34(21)25)30-23-17(2)14-19(16-26-23)33-12-10-32(3)11-13-33/h4-9,14-16H,1,10-13H2,2-3H3,(H,28,35)(H,26,29,30). The molecule has 1 fully saturated rings. The van der Waals surface area contributed by atoms with E-state index >= 15 is 0 Å². The summed E-state index contributed by atoms with van der Waals surface area (Å²) >= 11 is 1.42. The number of carbonyl (C=O) groups is 1. The minimum atomic E-state index is -0.262. The summed E-state index contributed by atoms with van der Waals surface area (Å²) in [5, 5.41) is 11.1. The second kappa shape index (κ2) is 10.3. The van der Waals surface area contributed by atoms with Crippen LogP contribution in [-0.2, 0) is 4.79 Å². The van der Waals surface area contributed by atoms with Crippen molar-refractivity contribution in [3.05, 3.63) is 67.0 Å². The van der Waals surface area contributed by atoms with Crippen molar-refractivity contribution in [2.75, 3.05) is 48.8 Å². The Bertz CT molecular complexity index is 1410. The van der Waals surface area contributed by atoms with E-state index in [0.29, 0.717) is 28.3 Å². The summed E-state index contributed by atoms with van der Waals surface area (Å²) in [6.45, 7) is 9.60. The van der Waals surface area contributed by atoms with Crippen LogP contribution >= 0.6 is 11.8 Å². The highest BCUT2D eigenvalue weighted by atomic mass is 32.2. The van der Waals surface area contributed by atoms with Crippen LogP contribution in [0.4, 0.5) is 23.1 Å². The van der Waals surface area contributed by atoms with Gasteiger partial charge >= 0.3 is 0 Å². The van der Waals surface area contributed by atoms with E-state index in [2.05, 4.69) is 55.2 Å². The van der Waals surface area contributed by atoms with Crippen LogP contribution in [0.2, 0.25) is 0 Å². The maximum absolute atomic E-state index is 11.7. The van der Waals surface area contributed by atoms with Gasteiger partial charge in [0.1, 0.15) is 5.82 Å². The number of rotatable bonds is 7. The summed E-state index contributed by atoms with van der Waals surface area (Å²) in [7, 11) is 2.15. The van der Waals surface area contributed by atoms with E-state index < -0.39 is 0 Å². The number of likely N-dealkylation sites (N-methyl/N-ethyl adjacent to an activating group) is 1. The Morgan fingerprint density at radius 3 is 2.75 bits per heavy atom. The first-order valence-corrected chi connectivity index (χ1v) is 12.4. The SMILES string of the molecule is C=CC(=O)Nc1cccc(Sc2nc(Nc3ncc(N4CCN(C)CC4)cc3C)nc3ccnn23)c1. The first kappa shape index (κ1) is 23.8. The molecule has 36 heavy (non-hydrogen) atoms. The van der Waals surface area contributed by atoms with Crippen LogP contribution in [0.3, 0.4) is 0 Å². The zero-order valence-electron chi connectivity index (χ0n) is 20.2. The molecule has 0 saturated carbocycles. The number of fused-ring (bicyclic) bond motifs is 1. The van der Waals surface area contributed by atoms with Gasteiger partial charge in [-0.05, 0) is 61.6 Å². The number of benzene rings is 1. The molecule has 4 heterocycles. The fourth-order valence-corrected chi connectivity index (χ4v) is 4.79. The Labute approximate surface area is 213 Å². The molecular formula is C25H27N9OS. The van der Waals surface area contributed by atoms with Gasteiger partial charge in [0.15, 0.2) is 10.8 Å². The lowest BCUT2D eigenvalue weighted by Crippen LogP contribution is -2.44. The third kappa shape index (κ3) is 5.31. The fraction of sp³-hybridized carbons (Fsp3) is 0.240. The van der Waals surface area contributed by atoms with Crippen LogP contribution in [0.1, 0.15) is 5.56 Å². The number of anilines is 4. The van der Waals surface area contributed by atoms with E-state index in [1.54, 1.807) is 10.7 Å². The lowest BCUT2D eigenvalue weighted by atomic mass is 10.2. The summed E-state index contributed by atoms with van der Waals surface area (Å²) in [4.78, 5) is 31.2. The first-order chi connectivity index (χ1) is 17.5. The molecule has 1 saturated heterocycles. The molecule has 0 aliphatic carbocycles. The van der Waals surface area contributed by atoms with Crippen molar-refractivity contribution in [3.63, 3.8) is 0 Å². The van der Waals surface area contributed by atoms with Gasteiger partial charge in [0.25, 0.3) is 0 Å². The highest BCUT2D eigenvalue weighted by Gasteiger charge is 2.16. The number of nitrogens with one attached hydrogen (secondary N) is 2. The van der Waals surface area contributed by atoms with E-state index in [9.17, 15) is 4.79 Å². The maximum atomic E-state index is 11.7. The Morgan fingerprint density at radius 2 is 1.97 bits per heavy atom. The van der Waals surface area contributed by atoms with Crippen molar-refractivity contribution in [3.8, 4) is 0 Å². The normalized spacial score (nSPS) is 14.1. The molecular weight excluding hydrogens is 474 g/mol. The summed E-state index contributed by atoms with van der Waals surface area (Å²) in [5.41, 5.74) is 3.48. The largest absolute Gasteiger partial charge is 0.368 e. The number of hydrogen-bond acceptors (Lipinski definition) is 9. The second-order valence-electron chi connectivity index (χ2n) is 8.53. The van der Waals surface area contributed by atoms with Gasteiger partial charge in [-0.1, -0.05) is 12.6 Å². The third-order valence-corrected chi connectivity index (χ3v) is 6.82. The van der Waals surface area contributed by atoms with E-state index in [1.165, 1.54) is 17.8 Å². The number of nitrogens with zero attached hydrogens (tertiary/aromatic N) is 7. The Kier molecular flexibility index (Phi) is 6.83. The summed E-state index contributed by atoms with van der Waals surface area (Å²) in [5.74, 6) is 0.882. The summed E-state index contributed by atoms with van der Waals surface area (Å²) in [6, 6.07) is 11.5. The third-order valence-electron chi connectivity index (χ3n) is 5.88. The number of aryl methyl sites for hydroxylation is 1. The van der Waals surface area contributed by atoms with Crippen molar-refractivity contribution >= 4 is 46.5 Å². The summed E-state index contributed by atoms with van der Waals surface area (Å²) in [6.07, 6.45) is 4.83. The molecule has 1 amide bonds. The average molecular weight is 502 g/mol. The minimum absolute atomic E-state index is 0.262. The Hall–Kier alpha value is -3.96. The molecule has 0 unspecified atom stereocenters. The van der Waals surface area contributed by atoms with Crippen LogP contribution in [0.25, 0.3) is 5.65 Å². The number of aromatic nitrogens is 5. The van der Waals surface area contributed by atoms with E-state index in [1.807, 2.05) is 43.5 Å². The number of piperazine rings is 1. The van der Waals surface area contributed by atoms with Gasteiger partial charge in [-0.15, -0.1) is 0 Å². The van der Waals surface area contributed by atoms with Crippen LogP contribution in [0.15, 0.2) is 71.5 Å². The molecule has 1 aliphatic heterocycles. The lowest BCUT2D eigenvalue weighted by Gasteiger charge is -2.34. The molecule has 184 valence electrons. The van der Waals surface area contributed by atoms with Gasteiger partial charge in [0.05, 0.1) is 18.1 Å². The van der Waals surface area contributed by atoms with E-state index in [4.69, 9.17) is 4.98 Å². The number of pyridine rings is 1. The molecule has 10 nitrogen and oxygen atoms in total. The molecule has 0 bridgehead atoms. The van der Waals surface area contributed by atoms with Crippen LogP contribution < -0.4 is 15.5 Å². The summed E-state index contributed by atoms with van der Waals surface area (Å²) < 4.78 is 1.68. The van der Waals surface area contributed by atoms with Crippen molar-refractivity contribution in [2.24, 2.45) is 0 Å². The molecule has 1 aromatic carbocycles. The first-order valence-electron chi connectivity index (χ1n) is 11.6. The molecule has 11 heteroatoms. The quantitative estimate of drug-likeness (QED) is 0.368. The van der Waals surface area contributed by atoms with Crippen molar-refractivity contribution < 1.29 is 4.79 Å². The molecule has 0 radical (unpaired) electrons. The molecule has 3 aromatic heterocycles. The average Bonchev–Trinajstić information content (AvgIpc) is 3.35. The van der Waals surface area contributed by atoms with Crippen LogP contribution in [0.5, 0.6) is 0 Å². The van der Waals surface area contributed by atoms with Crippen molar-refractivity contribution in [1.29, 1.82) is 0 Å². The highest BCUT2D eigenvalue weighted by Crippen LogP contribution is 2.30. The van der Waals surface area contributed by atoms with Gasteiger partial charge in [-0.25, -0.2) is 4.98 Å². The van der Waals surface area contributed by atoms with E-state index in [0.717, 1.165) is 42.3 Å². The number of carbonyl (C=O) groups excluding carboxylic acids is 1. The molecule has 4 aromatic rings. The van der Waals surface area contributed by atoms with E-state index in [-0.39, 0.29) is 5.91 Å². The van der Waals surface area contributed by atoms with Gasteiger partial charge in [0, 0.05) is 42.8 Å². The van der Waals surface area contributed by atoms with Crippen molar-refractivity contribution in [2.45, 2.75) is 17.0 Å². The Morgan fingerprint density at radius 1 is 1.14 bits per heavy atom. The molecule has 1 aliphatic rings. The minimum Gasteiger partial charge on any atom is -0.368 e. The molecule has 5 rings (SSSR count). The topological polar surface area (TPSA) is 104 Å². The predicted molar refractivity (Wildman–Crippen MR) is 142 cm³/mol. The molecule has 0 atom stereocenters. The maximum Gasteiger partial charge on any atom is 0.247 e. The van der Waals surface area contributed by atoms with Gasteiger partial charge in [0.2, 0.25) is 11.9 Å². The number of hydrogen-bond donors (Lipinski definition) is 2. The second-order valence-corrected chi connectivity index (χ2v) is 9.57. The lowest BCUT2D eigenvalue weighted by molar-refractivity contribution is -0.111. The number of amides is 1. The zero-order chi connectivity index (χ0) is 25.1. The molecule has 2 N–H and O–H groups in total. The zero-order valence-corrected chi connectivity index (χ0v) is 21.0. The van der Waals surface area contributed by atoms with Crippen molar-refractivity contribution in [1.82, 2.24) is 29.5 Å². The fourth-order valence-electron chi connectivity index (χ4n) is 3.89. The van der Waals surface area contributed by atoms with Gasteiger partial charge < -0.3 is 20.4 Å². The molecule has 0 spiro atoms. The van der Waals surface area contributed by atoms with Crippen LogP contribution in [0, 0.1) is 6.92 Å². The predicted octanol–water partition coefficient (Wildman–Crippen LogP) is 3.60. The smallest absolute Gasteiger partial charge is 0.247 e.